The average Bonchev–Trinajstić information content (AvgIpc) is 2.56. The standard InChI is InChI=1S/C19H20O7/c1-8-5-9-7-13(22)18(25)17(24)14-10(3-2-4-11(14)20)16(23)19(18,26)15(9)12(21)6-8/h2-4,8,13,17,20,22,24-26H,5-7H2,1H3/t8-,13+,17-,18+,19-/m0/s1. The summed E-state index contributed by atoms with van der Waals surface area (Å²) in [7, 11) is 0. The van der Waals surface area contributed by atoms with Gasteiger partial charge in [0.15, 0.2) is 17.0 Å². The number of aliphatic hydroxyl groups excluding tert-OH is 2. The Morgan fingerprint density at radius 1 is 1.08 bits per heavy atom. The molecule has 1 aromatic carbocycles. The van der Waals surface area contributed by atoms with Gasteiger partial charge in [-0.25, -0.2) is 0 Å². The lowest BCUT2D eigenvalue weighted by molar-refractivity contribution is -0.228. The third-order valence-corrected chi connectivity index (χ3v) is 6.00. The first-order valence-corrected chi connectivity index (χ1v) is 8.57. The predicted octanol–water partition coefficient (Wildman–Crippen LogP) is 0.144. The molecule has 138 valence electrons. The van der Waals surface area contributed by atoms with Crippen molar-refractivity contribution in [2.75, 3.05) is 0 Å². The maximum atomic E-state index is 13.2. The zero-order chi connectivity index (χ0) is 19.0. The number of hydrogen-bond acceptors (Lipinski definition) is 7. The molecule has 7 heteroatoms. The fraction of sp³-hybridized carbons (Fsp3) is 0.474. The second-order valence-corrected chi connectivity index (χ2v) is 7.64. The topological polar surface area (TPSA) is 135 Å². The highest BCUT2D eigenvalue weighted by molar-refractivity contribution is 6.16. The van der Waals surface area contributed by atoms with Gasteiger partial charge in [0, 0.05) is 23.1 Å². The van der Waals surface area contributed by atoms with Crippen LogP contribution in [-0.2, 0) is 4.79 Å². The average molecular weight is 360 g/mol. The van der Waals surface area contributed by atoms with Gasteiger partial charge < -0.3 is 25.5 Å². The van der Waals surface area contributed by atoms with E-state index in [0.717, 1.165) is 0 Å². The van der Waals surface area contributed by atoms with E-state index in [9.17, 15) is 35.1 Å². The number of hydrogen-bond donors (Lipinski definition) is 5. The molecule has 4 rings (SSSR count). The van der Waals surface area contributed by atoms with E-state index in [4.69, 9.17) is 0 Å². The molecule has 0 amide bonds. The van der Waals surface area contributed by atoms with Gasteiger partial charge in [-0.3, -0.25) is 9.59 Å². The number of rotatable bonds is 0. The minimum atomic E-state index is -2.77. The number of fused-ring (bicyclic) bond motifs is 3. The lowest BCUT2D eigenvalue weighted by atomic mass is 9.54. The number of phenols is 1. The van der Waals surface area contributed by atoms with E-state index >= 15 is 0 Å². The van der Waals surface area contributed by atoms with E-state index in [1.807, 2.05) is 6.92 Å². The molecule has 7 nitrogen and oxygen atoms in total. The first kappa shape index (κ1) is 17.4. The summed E-state index contributed by atoms with van der Waals surface area (Å²) in [5, 5.41) is 54.0. The van der Waals surface area contributed by atoms with Crippen molar-refractivity contribution in [1.29, 1.82) is 0 Å². The van der Waals surface area contributed by atoms with E-state index < -0.39 is 40.7 Å². The summed E-state index contributed by atoms with van der Waals surface area (Å²) < 4.78 is 0. The van der Waals surface area contributed by atoms with Gasteiger partial charge in [-0.2, -0.15) is 0 Å². The zero-order valence-corrected chi connectivity index (χ0v) is 14.1. The van der Waals surface area contributed by atoms with E-state index in [1.54, 1.807) is 0 Å². The third-order valence-electron chi connectivity index (χ3n) is 6.00. The SMILES string of the molecule is C[C@@H]1CC(=O)C2=C(C1)C[C@@H](O)[C@@]1(O)[C@@H](O)c3c(O)cccc3C(=O)[C@@]21O. The molecular formula is C19H20O7. The molecule has 0 aromatic heterocycles. The number of carbonyl (C=O) groups is 2. The van der Waals surface area contributed by atoms with Gasteiger partial charge >= 0.3 is 0 Å². The van der Waals surface area contributed by atoms with Crippen LogP contribution in [0.3, 0.4) is 0 Å². The minimum Gasteiger partial charge on any atom is -0.508 e. The molecule has 0 unspecified atom stereocenters. The molecule has 5 atom stereocenters. The molecule has 3 aliphatic rings. The Labute approximate surface area is 149 Å². The lowest BCUT2D eigenvalue weighted by Gasteiger charge is -2.55. The van der Waals surface area contributed by atoms with Crippen LogP contribution in [0.4, 0.5) is 0 Å². The van der Waals surface area contributed by atoms with Gasteiger partial charge in [-0.1, -0.05) is 24.6 Å². The van der Waals surface area contributed by atoms with Gasteiger partial charge in [0.1, 0.15) is 11.9 Å². The molecular weight excluding hydrogens is 340 g/mol. The van der Waals surface area contributed by atoms with Crippen LogP contribution in [0.2, 0.25) is 0 Å². The third kappa shape index (κ3) is 1.81. The van der Waals surface area contributed by atoms with Gasteiger partial charge in [-0.05, 0) is 24.8 Å². The van der Waals surface area contributed by atoms with Crippen molar-refractivity contribution in [2.24, 2.45) is 5.92 Å². The molecule has 0 saturated carbocycles. The Morgan fingerprint density at radius 2 is 1.77 bits per heavy atom. The second kappa shape index (κ2) is 5.23. The number of benzene rings is 1. The fourth-order valence-electron chi connectivity index (χ4n) is 4.81. The molecule has 3 aliphatic carbocycles. The first-order valence-electron chi connectivity index (χ1n) is 8.57. The molecule has 1 aromatic rings. The number of ketones is 2. The lowest BCUT2D eigenvalue weighted by Crippen LogP contribution is -2.73. The zero-order valence-electron chi connectivity index (χ0n) is 14.1. The smallest absolute Gasteiger partial charge is 0.202 e. The monoisotopic (exact) mass is 360 g/mol. The largest absolute Gasteiger partial charge is 0.508 e. The molecule has 0 saturated heterocycles. The van der Waals surface area contributed by atoms with E-state index in [-0.39, 0.29) is 35.5 Å². The highest BCUT2D eigenvalue weighted by Crippen LogP contribution is 2.56. The van der Waals surface area contributed by atoms with Crippen LogP contribution in [0.25, 0.3) is 0 Å². The quantitative estimate of drug-likeness (QED) is 0.444. The minimum absolute atomic E-state index is 0.0109. The number of aliphatic hydroxyl groups is 4. The highest BCUT2D eigenvalue weighted by Gasteiger charge is 2.71. The van der Waals surface area contributed by atoms with Crippen molar-refractivity contribution in [2.45, 2.75) is 49.6 Å². The molecule has 0 spiro atoms. The van der Waals surface area contributed by atoms with Crippen molar-refractivity contribution < 1.29 is 35.1 Å². The van der Waals surface area contributed by atoms with Crippen LogP contribution < -0.4 is 0 Å². The summed E-state index contributed by atoms with van der Waals surface area (Å²) in [6.45, 7) is 1.85. The van der Waals surface area contributed by atoms with Gasteiger partial charge in [0.2, 0.25) is 5.78 Å². The summed E-state index contributed by atoms with van der Waals surface area (Å²) in [6, 6.07) is 3.90. The summed E-state index contributed by atoms with van der Waals surface area (Å²) in [4.78, 5) is 25.9. The molecule has 0 fully saturated rings. The van der Waals surface area contributed by atoms with Crippen molar-refractivity contribution in [3.05, 3.63) is 40.5 Å². The van der Waals surface area contributed by atoms with Crippen LogP contribution in [0, 0.1) is 5.92 Å². The van der Waals surface area contributed by atoms with Crippen molar-refractivity contribution in [3.8, 4) is 5.75 Å². The first-order chi connectivity index (χ1) is 12.1. The van der Waals surface area contributed by atoms with Crippen LogP contribution in [0.15, 0.2) is 29.3 Å². The fourth-order valence-corrected chi connectivity index (χ4v) is 4.81. The molecule has 0 heterocycles. The number of carbonyl (C=O) groups excluding carboxylic acids is 2. The van der Waals surface area contributed by atoms with Gasteiger partial charge in [0.25, 0.3) is 0 Å². The van der Waals surface area contributed by atoms with Crippen molar-refractivity contribution >= 4 is 11.6 Å². The number of aromatic hydroxyl groups is 1. The molecule has 0 bridgehead atoms. The molecule has 0 radical (unpaired) electrons. The normalized spacial score (nSPS) is 39.3. The Kier molecular flexibility index (Phi) is 3.49. The predicted molar refractivity (Wildman–Crippen MR) is 88.4 cm³/mol. The van der Waals surface area contributed by atoms with Gasteiger partial charge in [-0.15, -0.1) is 0 Å². The maximum Gasteiger partial charge on any atom is 0.202 e. The van der Waals surface area contributed by atoms with Crippen LogP contribution in [0.1, 0.15) is 48.2 Å². The molecule has 26 heavy (non-hydrogen) atoms. The Bertz CT molecular complexity index is 873. The maximum absolute atomic E-state index is 13.2. The molecule has 0 aliphatic heterocycles. The summed E-state index contributed by atoms with van der Waals surface area (Å²) in [5.74, 6) is -1.93. The summed E-state index contributed by atoms with van der Waals surface area (Å²) in [6.07, 6.45) is -3.26. The van der Waals surface area contributed by atoms with Crippen molar-refractivity contribution in [1.82, 2.24) is 0 Å². The van der Waals surface area contributed by atoms with E-state index in [1.165, 1.54) is 18.2 Å². The number of Topliss-reactive ketones (excluding diaryl/α,β-unsaturated/α-hetero) is 2. The summed E-state index contributed by atoms with van der Waals surface area (Å²) in [5.41, 5.74) is -5.73. The van der Waals surface area contributed by atoms with E-state index in [0.29, 0.717) is 12.0 Å². The van der Waals surface area contributed by atoms with Crippen molar-refractivity contribution in [3.63, 3.8) is 0 Å². The van der Waals surface area contributed by atoms with Gasteiger partial charge in [0.05, 0.1) is 6.10 Å². The van der Waals surface area contributed by atoms with E-state index in [2.05, 4.69) is 0 Å². The summed E-state index contributed by atoms with van der Waals surface area (Å²) >= 11 is 0. The Morgan fingerprint density at radius 3 is 2.46 bits per heavy atom. The number of phenolic OH excluding ortho intramolecular Hbond substituents is 1. The highest BCUT2D eigenvalue weighted by atomic mass is 16.4. The van der Waals surface area contributed by atoms with Crippen LogP contribution >= 0.6 is 0 Å². The molecule has 5 N–H and O–H groups in total. The van der Waals surface area contributed by atoms with Crippen LogP contribution in [-0.4, -0.2) is 54.4 Å². The Hall–Kier alpha value is -2.06. The Balaban J connectivity index is 2.05. The van der Waals surface area contributed by atoms with Crippen LogP contribution in [0.5, 0.6) is 5.75 Å². The second-order valence-electron chi connectivity index (χ2n) is 7.64.